The summed E-state index contributed by atoms with van der Waals surface area (Å²) in [5.41, 5.74) is 10.2. The summed E-state index contributed by atoms with van der Waals surface area (Å²) in [4.78, 5) is 16.5. The summed E-state index contributed by atoms with van der Waals surface area (Å²) in [6.07, 6.45) is 5.61. The van der Waals surface area contributed by atoms with Crippen LogP contribution in [0.2, 0.25) is 0 Å². The van der Waals surface area contributed by atoms with Gasteiger partial charge in [-0.15, -0.1) is 0 Å². The number of ether oxygens (including phenoxy) is 3. The minimum Gasteiger partial charge on any atom is -0.495 e. The van der Waals surface area contributed by atoms with Crippen LogP contribution in [0, 0.1) is 0 Å². The number of aromatic nitrogens is 5. The van der Waals surface area contributed by atoms with Gasteiger partial charge >= 0.3 is 6.09 Å². The molecule has 0 saturated carbocycles. The first-order valence-electron chi connectivity index (χ1n) is 11.7. The predicted molar refractivity (Wildman–Crippen MR) is 135 cm³/mol. The molecule has 0 spiro atoms. The Hall–Kier alpha value is -4.12. The summed E-state index contributed by atoms with van der Waals surface area (Å²) in [5.74, 6) is 0.821. The number of anilines is 2. The van der Waals surface area contributed by atoms with Crippen molar-refractivity contribution in [1.82, 2.24) is 24.4 Å². The van der Waals surface area contributed by atoms with Crippen LogP contribution < -0.4 is 15.8 Å². The van der Waals surface area contributed by atoms with Gasteiger partial charge in [0.1, 0.15) is 23.2 Å². The third-order valence-electron chi connectivity index (χ3n) is 5.91. The van der Waals surface area contributed by atoms with Crippen LogP contribution in [0.1, 0.15) is 33.2 Å². The monoisotopic (exact) mass is 491 g/mol. The smallest absolute Gasteiger partial charge is 0.412 e. The van der Waals surface area contributed by atoms with Gasteiger partial charge in [-0.05, 0) is 51.0 Å². The third kappa shape index (κ3) is 4.57. The maximum atomic E-state index is 12.3. The molecule has 3 N–H and O–H groups in total. The molecule has 11 heteroatoms. The Kier molecular flexibility index (Phi) is 6.00. The highest BCUT2D eigenvalue weighted by Crippen LogP contribution is 2.38. The number of methoxy groups -OCH3 is 1. The summed E-state index contributed by atoms with van der Waals surface area (Å²) >= 11 is 0. The molecule has 1 saturated heterocycles. The average molecular weight is 492 g/mol. The number of nitrogens with two attached hydrogens (primary N) is 1. The molecule has 0 radical (unpaired) electrons. The molecule has 1 fully saturated rings. The zero-order valence-corrected chi connectivity index (χ0v) is 20.7. The first-order valence-corrected chi connectivity index (χ1v) is 11.7. The second-order valence-electron chi connectivity index (χ2n) is 9.62. The van der Waals surface area contributed by atoms with Crippen LogP contribution >= 0.6 is 0 Å². The van der Waals surface area contributed by atoms with Crippen LogP contribution in [0.25, 0.3) is 27.9 Å². The first-order chi connectivity index (χ1) is 17.2. The molecule has 1 atom stereocenters. The number of benzene rings is 1. The second kappa shape index (κ2) is 9.15. The van der Waals surface area contributed by atoms with Gasteiger partial charge in [0.2, 0.25) is 0 Å². The molecule has 1 aliphatic heterocycles. The van der Waals surface area contributed by atoms with Gasteiger partial charge in [-0.3, -0.25) is 10.00 Å². The fourth-order valence-electron chi connectivity index (χ4n) is 4.27. The van der Waals surface area contributed by atoms with E-state index < -0.39 is 11.7 Å². The Balaban J connectivity index is 1.54. The molecular weight excluding hydrogens is 462 g/mol. The van der Waals surface area contributed by atoms with E-state index in [0.717, 1.165) is 35.4 Å². The van der Waals surface area contributed by atoms with Crippen molar-refractivity contribution in [1.29, 1.82) is 0 Å². The fraction of sp³-hybridized carbons (Fsp3) is 0.360. The van der Waals surface area contributed by atoms with Gasteiger partial charge in [-0.25, -0.2) is 14.3 Å². The lowest BCUT2D eigenvalue weighted by molar-refractivity contribution is 0.0635. The van der Waals surface area contributed by atoms with E-state index in [1.165, 1.54) is 6.33 Å². The molecule has 11 nitrogen and oxygen atoms in total. The summed E-state index contributed by atoms with van der Waals surface area (Å²) < 4.78 is 20.1. The second-order valence-corrected chi connectivity index (χ2v) is 9.62. The molecule has 188 valence electrons. The van der Waals surface area contributed by atoms with Crippen LogP contribution in [0.5, 0.6) is 5.75 Å². The van der Waals surface area contributed by atoms with Crippen LogP contribution in [0.4, 0.5) is 16.3 Å². The Morgan fingerprint density at radius 3 is 2.78 bits per heavy atom. The van der Waals surface area contributed by atoms with Gasteiger partial charge in [-0.2, -0.15) is 10.2 Å². The minimum atomic E-state index is -0.616. The Morgan fingerprint density at radius 2 is 2.06 bits per heavy atom. The van der Waals surface area contributed by atoms with Crippen molar-refractivity contribution in [2.24, 2.45) is 0 Å². The van der Waals surface area contributed by atoms with E-state index in [4.69, 9.17) is 19.9 Å². The van der Waals surface area contributed by atoms with E-state index in [1.807, 2.05) is 35.3 Å². The first kappa shape index (κ1) is 23.6. The molecule has 36 heavy (non-hydrogen) atoms. The lowest BCUT2D eigenvalue weighted by atomic mass is 10.0. The van der Waals surface area contributed by atoms with E-state index in [2.05, 4.69) is 20.5 Å². The number of nitrogen functional groups attached to an aromatic ring is 1. The van der Waals surface area contributed by atoms with Gasteiger partial charge in [-0.1, -0.05) is 6.07 Å². The summed E-state index contributed by atoms with van der Waals surface area (Å²) in [6, 6.07) is 7.69. The molecule has 5 rings (SSSR count). The molecule has 4 heterocycles. The molecule has 1 aromatic carbocycles. The van der Waals surface area contributed by atoms with E-state index in [-0.39, 0.29) is 6.04 Å². The number of hydrogen-bond acceptors (Lipinski definition) is 8. The molecule has 3 aromatic heterocycles. The number of rotatable bonds is 5. The van der Waals surface area contributed by atoms with Gasteiger partial charge < -0.3 is 19.9 Å². The quantitative estimate of drug-likeness (QED) is 0.426. The van der Waals surface area contributed by atoms with Crippen LogP contribution in [0.3, 0.4) is 0 Å². The van der Waals surface area contributed by atoms with E-state index in [0.29, 0.717) is 29.4 Å². The largest absolute Gasteiger partial charge is 0.495 e. The standard InChI is InChI=1S/C25H29N7O4/c1-25(2,3)36-24(33)30-19-6-5-15(9-21(19)34-4)18-10-20(32-22(18)23(26)27-14-29-32)16-11-28-31(12-16)17-7-8-35-13-17/h5-6,9-12,14,17H,7-8,13H2,1-4H3,(H,30,33)(H2,26,27,29). The van der Waals surface area contributed by atoms with Crippen molar-refractivity contribution in [2.75, 3.05) is 31.4 Å². The highest BCUT2D eigenvalue weighted by molar-refractivity contribution is 5.94. The molecule has 1 aliphatic rings. The molecular formula is C25H29N7O4. The number of fused-ring (bicyclic) bond motifs is 1. The van der Waals surface area contributed by atoms with E-state index >= 15 is 0 Å². The molecule has 4 aromatic rings. The fourth-order valence-corrected chi connectivity index (χ4v) is 4.27. The van der Waals surface area contributed by atoms with Crippen molar-refractivity contribution in [3.05, 3.63) is 43.0 Å². The van der Waals surface area contributed by atoms with E-state index in [1.54, 1.807) is 38.5 Å². The molecule has 1 amide bonds. The number of carbonyl (C=O) groups is 1. The molecule has 0 bridgehead atoms. The Labute approximate surface area is 208 Å². The van der Waals surface area contributed by atoms with Crippen LogP contribution in [-0.4, -0.2) is 56.4 Å². The number of amides is 1. The van der Waals surface area contributed by atoms with E-state index in [9.17, 15) is 4.79 Å². The summed E-state index contributed by atoms with van der Waals surface area (Å²) in [6.45, 7) is 6.81. The zero-order chi connectivity index (χ0) is 25.4. The number of hydrogen-bond donors (Lipinski definition) is 2. The van der Waals surface area contributed by atoms with Crippen molar-refractivity contribution >= 4 is 23.1 Å². The maximum absolute atomic E-state index is 12.3. The number of carbonyl (C=O) groups excluding carboxylic acids is 1. The minimum absolute atomic E-state index is 0.221. The highest BCUT2D eigenvalue weighted by Gasteiger charge is 2.22. The van der Waals surface area contributed by atoms with Crippen molar-refractivity contribution < 1.29 is 19.0 Å². The van der Waals surface area contributed by atoms with Crippen molar-refractivity contribution in [3.8, 4) is 28.1 Å². The lowest BCUT2D eigenvalue weighted by Crippen LogP contribution is -2.27. The Bertz CT molecular complexity index is 1410. The average Bonchev–Trinajstić information content (AvgIpc) is 3.57. The summed E-state index contributed by atoms with van der Waals surface area (Å²) in [7, 11) is 1.54. The normalized spacial score (nSPS) is 15.8. The zero-order valence-electron chi connectivity index (χ0n) is 20.7. The van der Waals surface area contributed by atoms with Crippen molar-refractivity contribution in [2.45, 2.75) is 38.8 Å². The maximum Gasteiger partial charge on any atom is 0.412 e. The van der Waals surface area contributed by atoms with Gasteiger partial charge in [0.05, 0.1) is 37.3 Å². The van der Waals surface area contributed by atoms with Crippen LogP contribution in [0.15, 0.2) is 43.0 Å². The van der Waals surface area contributed by atoms with Gasteiger partial charge in [0.15, 0.2) is 5.82 Å². The van der Waals surface area contributed by atoms with Gasteiger partial charge in [0, 0.05) is 23.9 Å². The third-order valence-corrected chi connectivity index (χ3v) is 5.91. The van der Waals surface area contributed by atoms with Crippen LogP contribution in [-0.2, 0) is 9.47 Å². The van der Waals surface area contributed by atoms with Crippen molar-refractivity contribution in [3.63, 3.8) is 0 Å². The number of nitrogens with one attached hydrogen (secondary N) is 1. The Morgan fingerprint density at radius 1 is 1.22 bits per heavy atom. The number of nitrogens with zero attached hydrogens (tertiary/aromatic N) is 5. The lowest BCUT2D eigenvalue weighted by Gasteiger charge is -2.20. The summed E-state index contributed by atoms with van der Waals surface area (Å²) in [5, 5.41) is 11.8. The molecule has 0 aliphatic carbocycles. The topological polar surface area (TPSA) is 131 Å². The van der Waals surface area contributed by atoms with Gasteiger partial charge in [0.25, 0.3) is 0 Å². The SMILES string of the molecule is COc1cc(-c2cc(-c3cnn(C4CCOC4)c3)n3ncnc(N)c23)ccc1NC(=O)OC(C)(C)C. The highest BCUT2D eigenvalue weighted by atomic mass is 16.6. The predicted octanol–water partition coefficient (Wildman–Crippen LogP) is 4.16. The molecule has 1 unspecified atom stereocenters.